The lowest BCUT2D eigenvalue weighted by Crippen LogP contribution is -2.23. The van der Waals surface area contributed by atoms with Crippen LogP contribution in [0.5, 0.6) is 0 Å². The van der Waals surface area contributed by atoms with Gasteiger partial charge >= 0.3 is 0 Å². The van der Waals surface area contributed by atoms with Crippen LogP contribution in [0.4, 0.5) is 0 Å². The summed E-state index contributed by atoms with van der Waals surface area (Å²) in [5, 5.41) is 0. The Kier molecular flexibility index (Phi) is 4.10. The Hall–Kier alpha value is -0.870. The summed E-state index contributed by atoms with van der Waals surface area (Å²) in [4.78, 5) is 9.57. The first-order chi connectivity index (χ1) is 6.61. The standard InChI is InChI=1S/C10H19N3O/c1-8(2)7-14-12-9(3)10-11-5-6-13(10)4/h5-6,8-9,12H,7H2,1-4H3. The van der Waals surface area contributed by atoms with Gasteiger partial charge in [-0.25, -0.2) is 4.98 Å². The molecule has 0 bridgehead atoms. The van der Waals surface area contributed by atoms with Crippen molar-refractivity contribution in [2.75, 3.05) is 6.61 Å². The summed E-state index contributed by atoms with van der Waals surface area (Å²) >= 11 is 0. The van der Waals surface area contributed by atoms with Crippen molar-refractivity contribution in [2.45, 2.75) is 26.8 Å². The van der Waals surface area contributed by atoms with E-state index < -0.39 is 0 Å². The molecule has 0 saturated heterocycles. The van der Waals surface area contributed by atoms with E-state index in [1.54, 1.807) is 6.20 Å². The molecule has 1 aromatic heterocycles. The second-order valence-electron chi connectivity index (χ2n) is 3.94. The number of nitrogens with zero attached hydrogens (tertiary/aromatic N) is 2. The average molecular weight is 197 g/mol. The fourth-order valence-corrected chi connectivity index (χ4v) is 1.19. The summed E-state index contributed by atoms with van der Waals surface area (Å²) in [6, 6.07) is 0.119. The van der Waals surface area contributed by atoms with Crippen molar-refractivity contribution in [3.63, 3.8) is 0 Å². The summed E-state index contributed by atoms with van der Waals surface area (Å²) in [6.07, 6.45) is 3.71. The molecule has 0 aliphatic heterocycles. The zero-order chi connectivity index (χ0) is 10.6. The van der Waals surface area contributed by atoms with Gasteiger partial charge in [-0.3, -0.25) is 0 Å². The number of aromatic nitrogens is 2. The van der Waals surface area contributed by atoms with E-state index in [2.05, 4.69) is 24.3 Å². The van der Waals surface area contributed by atoms with E-state index in [0.717, 1.165) is 12.4 Å². The maximum absolute atomic E-state index is 5.33. The van der Waals surface area contributed by atoms with Crippen LogP contribution in [0.25, 0.3) is 0 Å². The molecule has 0 saturated carbocycles. The predicted octanol–water partition coefficient (Wildman–Crippen LogP) is 1.66. The SMILES string of the molecule is CC(C)CONC(C)c1nccn1C. The van der Waals surface area contributed by atoms with Gasteiger partial charge in [0.1, 0.15) is 5.82 Å². The minimum atomic E-state index is 0.119. The Bertz CT molecular complexity index is 270. The van der Waals surface area contributed by atoms with E-state index >= 15 is 0 Å². The predicted molar refractivity (Wildman–Crippen MR) is 55.5 cm³/mol. The van der Waals surface area contributed by atoms with Crippen LogP contribution in [0, 0.1) is 5.92 Å². The van der Waals surface area contributed by atoms with Gasteiger partial charge in [-0.05, 0) is 12.8 Å². The lowest BCUT2D eigenvalue weighted by molar-refractivity contribution is 0.00190. The first kappa shape index (κ1) is 11.2. The van der Waals surface area contributed by atoms with E-state index in [-0.39, 0.29) is 6.04 Å². The van der Waals surface area contributed by atoms with E-state index in [0.29, 0.717) is 5.92 Å². The van der Waals surface area contributed by atoms with E-state index in [4.69, 9.17) is 4.84 Å². The molecule has 1 rings (SSSR count). The normalized spacial score (nSPS) is 13.5. The lowest BCUT2D eigenvalue weighted by atomic mass is 10.2. The highest BCUT2D eigenvalue weighted by Gasteiger charge is 2.09. The third kappa shape index (κ3) is 3.12. The summed E-state index contributed by atoms with van der Waals surface area (Å²) < 4.78 is 1.98. The lowest BCUT2D eigenvalue weighted by Gasteiger charge is -2.14. The zero-order valence-corrected chi connectivity index (χ0v) is 9.32. The highest BCUT2D eigenvalue weighted by molar-refractivity contribution is 4.95. The summed E-state index contributed by atoms with van der Waals surface area (Å²) in [5.74, 6) is 1.52. The average Bonchev–Trinajstić information content (AvgIpc) is 2.50. The van der Waals surface area contributed by atoms with Gasteiger partial charge in [0.15, 0.2) is 0 Å². The number of hydrogen-bond donors (Lipinski definition) is 1. The largest absolute Gasteiger partial charge is 0.337 e. The molecule has 0 fully saturated rings. The molecule has 0 aliphatic carbocycles. The van der Waals surface area contributed by atoms with Crippen molar-refractivity contribution in [1.82, 2.24) is 15.0 Å². The molecule has 80 valence electrons. The third-order valence-electron chi connectivity index (χ3n) is 1.92. The Morgan fingerprint density at radius 3 is 2.71 bits per heavy atom. The highest BCUT2D eigenvalue weighted by atomic mass is 16.6. The molecule has 1 aromatic rings. The second kappa shape index (κ2) is 5.12. The van der Waals surface area contributed by atoms with Gasteiger partial charge in [0, 0.05) is 19.4 Å². The molecule has 0 spiro atoms. The fraction of sp³-hybridized carbons (Fsp3) is 0.700. The minimum absolute atomic E-state index is 0.119. The van der Waals surface area contributed by atoms with Gasteiger partial charge in [0.25, 0.3) is 0 Å². The van der Waals surface area contributed by atoms with Crippen LogP contribution in [-0.4, -0.2) is 16.2 Å². The van der Waals surface area contributed by atoms with Crippen LogP contribution in [0.2, 0.25) is 0 Å². The maximum Gasteiger partial charge on any atom is 0.127 e. The van der Waals surface area contributed by atoms with Crippen molar-refractivity contribution in [1.29, 1.82) is 0 Å². The Balaban J connectivity index is 2.36. The van der Waals surface area contributed by atoms with Gasteiger partial charge in [0.2, 0.25) is 0 Å². The van der Waals surface area contributed by atoms with E-state index in [1.165, 1.54) is 0 Å². The number of nitrogens with one attached hydrogen (secondary N) is 1. The molecule has 1 N–H and O–H groups in total. The van der Waals surface area contributed by atoms with Crippen LogP contribution in [-0.2, 0) is 11.9 Å². The van der Waals surface area contributed by atoms with Crippen molar-refractivity contribution in [3.8, 4) is 0 Å². The van der Waals surface area contributed by atoms with Crippen LogP contribution >= 0.6 is 0 Å². The topological polar surface area (TPSA) is 39.1 Å². The molecule has 0 radical (unpaired) electrons. The number of aryl methyl sites for hydroxylation is 1. The number of hydroxylamine groups is 1. The van der Waals surface area contributed by atoms with Crippen molar-refractivity contribution >= 4 is 0 Å². The first-order valence-corrected chi connectivity index (χ1v) is 4.95. The maximum atomic E-state index is 5.33. The Labute approximate surface area is 85.2 Å². The smallest absolute Gasteiger partial charge is 0.127 e. The van der Waals surface area contributed by atoms with E-state index in [9.17, 15) is 0 Å². The minimum Gasteiger partial charge on any atom is -0.337 e. The molecule has 0 aromatic carbocycles. The molecule has 0 amide bonds. The Morgan fingerprint density at radius 2 is 2.21 bits per heavy atom. The number of rotatable bonds is 5. The molecular formula is C10H19N3O. The summed E-state index contributed by atoms with van der Waals surface area (Å²) in [6.45, 7) is 6.98. The highest BCUT2D eigenvalue weighted by Crippen LogP contribution is 2.08. The molecule has 0 aliphatic rings. The molecular weight excluding hydrogens is 178 g/mol. The van der Waals surface area contributed by atoms with Gasteiger partial charge < -0.3 is 9.40 Å². The van der Waals surface area contributed by atoms with Crippen LogP contribution in [0.3, 0.4) is 0 Å². The molecule has 14 heavy (non-hydrogen) atoms. The van der Waals surface area contributed by atoms with Gasteiger partial charge in [0.05, 0.1) is 12.6 Å². The number of hydrogen-bond acceptors (Lipinski definition) is 3. The van der Waals surface area contributed by atoms with Crippen molar-refractivity contribution in [3.05, 3.63) is 18.2 Å². The number of imidazole rings is 1. The summed E-state index contributed by atoms with van der Waals surface area (Å²) in [5.41, 5.74) is 2.97. The molecule has 1 heterocycles. The van der Waals surface area contributed by atoms with Gasteiger partial charge in [-0.15, -0.1) is 0 Å². The van der Waals surface area contributed by atoms with Gasteiger partial charge in [-0.1, -0.05) is 13.8 Å². The van der Waals surface area contributed by atoms with Gasteiger partial charge in [-0.2, -0.15) is 5.48 Å². The van der Waals surface area contributed by atoms with Crippen molar-refractivity contribution < 1.29 is 4.84 Å². The first-order valence-electron chi connectivity index (χ1n) is 4.95. The summed E-state index contributed by atoms with van der Waals surface area (Å²) in [7, 11) is 1.98. The molecule has 1 unspecified atom stereocenters. The molecule has 4 heteroatoms. The molecule has 4 nitrogen and oxygen atoms in total. The third-order valence-corrected chi connectivity index (χ3v) is 1.92. The quantitative estimate of drug-likeness (QED) is 0.730. The molecule has 1 atom stereocenters. The fourth-order valence-electron chi connectivity index (χ4n) is 1.19. The Morgan fingerprint density at radius 1 is 1.50 bits per heavy atom. The van der Waals surface area contributed by atoms with Crippen molar-refractivity contribution in [2.24, 2.45) is 13.0 Å². The van der Waals surface area contributed by atoms with Crippen LogP contribution < -0.4 is 5.48 Å². The van der Waals surface area contributed by atoms with Crippen LogP contribution in [0.1, 0.15) is 32.6 Å². The second-order valence-corrected chi connectivity index (χ2v) is 3.94. The zero-order valence-electron chi connectivity index (χ0n) is 9.32. The van der Waals surface area contributed by atoms with E-state index in [1.807, 2.05) is 24.7 Å². The van der Waals surface area contributed by atoms with Crippen LogP contribution in [0.15, 0.2) is 12.4 Å². The monoisotopic (exact) mass is 197 g/mol.